The smallest absolute Gasteiger partial charge is 0.387 e. The Balaban J connectivity index is 2.71. The largest absolute Gasteiger partial charge is 0.493 e. The van der Waals surface area contributed by atoms with Crippen molar-refractivity contribution in [2.24, 2.45) is 0 Å². The molecule has 0 saturated carbocycles. The number of hydrogen-bond donors (Lipinski definition) is 2. The van der Waals surface area contributed by atoms with Gasteiger partial charge in [0, 0.05) is 18.7 Å². The summed E-state index contributed by atoms with van der Waals surface area (Å²) in [4.78, 5) is 37.9. The van der Waals surface area contributed by atoms with Gasteiger partial charge in [-0.25, -0.2) is 0 Å². The molecule has 10 heteroatoms. The van der Waals surface area contributed by atoms with Gasteiger partial charge in [-0.05, 0) is 31.0 Å². The highest BCUT2D eigenvalue weighted by molar-refractivity contribution is 5.97. The number of hydrogen-bond acceptors (Lipinski definition) is 5. The SMILES string of the molecule is CCCNC(=O)CN(CCC)C(=O)CNC(=O)c1ccc(OC(F)F)c(OC)c1. The molecule has 1 aromatic carbocycles. The maximum Gasteiger partial charge on any atom is 0.387 e. The molecule has 8 nitrogen and oxygen atoms in total. The standard InChI is InChI=1S/C19H27F2N3O5/c1-4-8-22-16(25)12-24(9-5-2)17(26)11-23-18(27)13-6-7-14(29-19(20)21)15(10-13)28-3/h6-7,10,19H,4-5,8-9,11-12H2,1-3H3,(H,22,25)(H,23,27). The average molecular weight is 415 g/mol. The summed E-state index contributed by atoms with van der Waals surface area (Å²) < 4.78 is 34.0. The molecule has 1 aromatic rings. The Kier molecular flexibility index (Phi) is 10.4. The molecule has 0 unspecified atom stereocenters. The lowest BCUT2D eigenvalue weighted by Gasteiger charge is -2.22. The summed E-state index contributed by atoms with van der Waals surface area (Å²) in [6.45, 7) is 1.27. The highest BCUT2D eigenvalue weighted by Crippen LogP contribution is 2.29. The highest BCUT2D eigenvalue weighted by Gasteiger charge is 2.18. The molecule has 2 N–H and O–H groups in total. The predicted octanol–water partition coefficient (Wildman–Crippen LogP) is 1.79. The molecule has 0 aromatic heterocycles. The number of alkyl halides is 2. The van der Waals surface area contributed by atoms with Gasteiger partial charge in [-0.1, -0.05) is 13.8 Å². The van der Waals surface area contributed by atoms with Crippen LogP contribution in [-0.2, 0) is 9.59 Å². The van der Waals surface area contributed by atoms with E-state index in [1.165, 1.54) is 30.2 Å². The van der Waals surface area contributed by atoms with E-state index in [4.69, 9.17) is 4.74 Å². The van der Waals surface area contributed by atoms with Crippen molar-refractivity contribution in [3.8, 4) is 11.5 Å². The van der Waals surface area contributed by atoms with E-state index in [2.05, 4.69) is 15.4 Å². The zero-order chi connectivity index (χ0) is 21.8. The van der Waals surface area contributed by atoms with E-state index in [9.17, 15) is 23.2 Å². The van der Waals surface area contributed by atoms with Gasteiger partial charge < -0.3 is 25.0 Å². The number of carbonyl (C=O) groups excluding carboxylic acids is 3. The third-order valence-electron chi connectivity index (χ3n) is 3.79. The van der Waals surface area contributed by atoms with Crippen LogP contribution in [0.4, 0.5) is 8.78 Å². The van der Waals surface area contributed by atoms with Crippen LogP contribution < -0.4 is 20.1 Å². The summed E-state index contributed by atoms with van der Waals surface area (Å²) in [6, 6.07) is 3.70. The van der Waals surface area contributed by atoms with Crippen LogP contribution in [0.5, 0.6) is 11.5 Å². The van der Waals surface area contributed by atoms with Crippen LogP contribution in [0.15, 0.2) is 18.2 Å². The normalized spacial score (nSPS) is 10.4. The lowest BCUT2D eigenvalue weighted by molar-refractivity contribution is -0.135. The molecule has 0 saturated heterocycles. The lowest BCUT2D eigenvalue weighted by Crippen LogP contribution is -2.45. The van der Waals surface area contributed by atoms with E-state index >= 15 is 0 Å². The Labute approximate surface area is 168 Å². The maximum atomic E-state index is 12.4. The van der Waals surface area contributed by atoms with Gasteiger partial charge in [-0.2, -0.15) is 8.78 Å². The Hall–Kier alpha value is -2.91. The first kappa shape index (κ1) is 24.1. The number of methoxy groups -OCH3 is 1. The van der Waals surface area contributed by atoms with Gasteiger partial charge in [0.05, 0.1) is 20.2 Å². The van der Waals surface area contributed by atoms with Gasteiger partial charge in [0.15, 0.2) is 11.5 Å². The zero-order valence-corrected chi connectivity index (χ0v) is 16.8. The molecule has 0 aliphatic heterocycles. The van der Waals surface area contributed by atoms with Crippen LogP contribution in [-0.4, -0.2) is 62.5 Å². The minimum Gasteiger partial charge on any atom is -0.493 e. The van der Waals surface area contributed by atoms with Gasteiger partial charge >= 0.3 is 6.61 Å². The number of amides is 3. The van der Waals surface area contributed by atoms with Gasteiger partial charge in [0.25, 0.3) is 5.91 Å². The van der Waals surface area contributed by atoms with E-state index in [1.54, 1.807) is 0 Å². The fraction of sp³-hybridized carbons (Fsp3) is 0.526. The Morgan fingerprint density at radius 2 is 1.83 bits per heavy atom. The number of halogens is 2. The summed E-state index contributed by atoms with van der Waals surface area (Å²) in [5.41, 5.74) is 0.110. The summed E-state index contributed by atoms with van der Waals surface area (Å²) in [7, 11) is 1.26. The number of benzene rings is 1. The molecule has 0 bridgehead atoms. The fourth-order valence-corrected chi connectivity index (χ4v) is 2.43. The summed E-state index contributed by atoms with van der Waals surface area (Å²) >= 11 is 0. The van der Waals surface area contributed by atoms with E-state index in [0.717, 1.165) is 6.42 Å². The van der Waals surface area contributed by atoms with Crippen molar-refractivity contribution < 1.29 is 32.6 Å². The zero-order valence-electron chi connectivity index (χ0n) is 16.8. The molecule has 3 amide bonds. The van der Waals surface area contributed by atoms with E-state index in [0.29, 0.717) is 19.5 Å². The lowest BCUT2D eigenvalue weighted by atomic mass is 10.2. The van der Waals surface area contributed by atoms with E-state index in [1.807, 2.05) is 13.8 Å². The summed E-state index contributed by atoms with van der Waals surface area (Å²) in [5.74, 6) is -1.50. The molecule has 0 heterocycles. The van der Waals surface area contributed by atoms with Crippen molar-refractivity contribution in [3.05, 3.63) is 23.8 Å². The molecular weight excluding hydrogens is 388 g/mol. The van der Waals surface area contributed by atoms with Crippen molar-refractivity contribution in [3.63, 3.8) is 0 Å². The molecule has 1 rings (SSSR count). The van der Waals surface area contributed by atoms with Gasteiger partial charge in [-0.3, -0.25) is 14.4 Å². The van der Waals surface area contributed by atoms with Crippen molar-refractivity contribution in [2.45, 2.75) is 33.3 Å². The minimum atomic E-state index is -3.03. The first-order valence-electron chi connectivity index (χ1n) is 9.27. The second-order valence-corrected chi connectivity index (χ2v) is 6.09. The van der Waals surface area contributed by atoms with Gasteiger partial charge in [0.1, 0.15) is 0 Å². The maximum absolute atomic E-state index is 12.4. The first-order valence-corrected chi connectivity index (χ1v) is 9.27. The first-order chi connectivity index (χ1) is 13.8. The quantitative estimate of drug-likeness (QED) is 0.543. The predicted molar refractivity (Wildman–Crippen MR) is 102 cm³/mol. The molecule has 162 valence electrons. The number of nitrogens with one attached hydrogen (secondary N) is 2. The average Bonchev–Trinajstić information content (AvgIpc) is 2.69. The monoisotopic (exact) mass is 415 g/mol. The van der Waals surface area contributed by atoms with E-state index in [-0.39, 0.29) is 36.1 Å². The van der Waals surface area contributed by atoms with Crippen molar-refractivity contribution in [2.75, 3.05) is 33.3 Å². The number of ether oxygens (including phenoxy) is 2. The van der Waals surface area contributed by atoms with Crippen LogP contribution >= 0.6 is 0 Å². The highest BCUT2D eigenvalue weighted by atomic mass is 19.3. The van der Waals surface area contributed by atoms with Crippen LogP contribution in [0, 0.1) is 0 Å². The Morgan fingerprint density at radius 3 is 2.41 bits per heavy atom. The van der Waals surface area contributed by atoms with Gasteiger partial charge in [-0.15, -0.1) is 0 Å². The summed E-state index contributed by atoms with van der Waals surface area (Å²) in [6.07, 6.45) is 1.44. The second kappa shape index (κ2) is 12.5. The van der Waals surface area contributed by atoms with Crippen LogP contribution in [0.2, 0.25) is 0 Å². The third kappa shape index (κ3) is 8.32. The Bertz CT molecular complexity index is 700. The molecule has 29 heavy (non-hydrogen) atoms. The molecule has 0 aliphatic rings. The van der Waals surface area contributed by atoms with Crippen LogP contribution in [0.3, 0.4) is 0 Å². The van der Waals surface area contributed by atoms with Crippen molar-refractivity contribution >= 4 is 17.7 Å². The number of rotatable bonds is 12. The molecule has 0 aliphatic carbocycles. The van der Waals surface area contributed by atoms with Gasteiger partial charge in [0.2, 0.25) is 11.8 Å². The molecule has 0 spiro atoms. The molecule has 0 radical (unpaired) electrons. The summed E-state index contributed by atoms with van der Waals surface area (Å²) in [5, 5.41) is 5.16. The fourth-order valence-electron chi connectivity index (χ4n) is 2.43. The van der Waals surface area contributed by atoms with E-state index < -0.39 is 18.4 Å². The third-order valence-corrected chi connectivity index (χ3v) is 3.79. The number of carbonyl (C=O) groups is 3. The van der Waals surface area contributed by atoms with Crippen LogP contribution in [0.1, 0.15) is 37.0 Å². The minimum absolute atomic E-state index is 0.0375. The Morgan fingerprint density at radius 1 is 1.10 bits per heavy atom. The van der Waals surface area contributed by atoms with Crippen LogP contribution in [0.25, 0.3) is 0 Å². The molecular formula is C19H27F2N3O5. The number of nitrogens with zero attached hydrogens (tertiary/aromatic N) is 1. The van der Waals surface area contributed by atoms with Crippen molar-refractivity contribution in [1.29, 1.82) is 0 Å². The topological polar surface area (TPSA) is 97.0 Å². The molecule has 0 fully saturated rings. The second-order valence-electron chi connectivity index (χ2n) is 6.09. The molecule has 0 atom stereocenters. The van der Waals surface area contributed by atoms with Crippen molar-refractivity contribution in [1.82, 2.24) is 15.5 Å².